The minimum Gasteiger partial charge on any atom is -0.326 e. The zero-order valence-electron chi connectivity index (χ0n) is 15.4. The Morgan fingerprint density at radius 3 is 2.57 bits per heavy atom. The number of amides is 1. The molecule has 0 aliphatic carbocycles. The van der Waals surface area contributed by atoms with Crippen molar-refractivity contribution in [2.45, 2.75) is 39.8 Å². The lowest BCUT2D eigenvalue weighted by Crippen LogP contribution is -2.14. The van der Waals surface area contributed by atoms with Crippen LogP contribution < -0.4 is 5.32 Å². The van der Waals surface area contributed by atoms with Crippen LogP contribution in [0.4, 0.5) is 18.9 Å². The number of hydrogen-bond donors (Lipinski definition) is 1. The second-order valence-corrected chi connectivity index (χ2v) is 6.83. The van der Waals surface area contributed by atoms with E-state index in [0.29, 0.717) is 34.1 Å². The number of hydrogen-bond acceptors (Lipinski definition) is 4. The predicted molar refractivity (Wildman–Crippen MR) is 98.4 cm³/mol. The van der Waals surface area contributed by atoms with Crippen molar-refractivity contribution >= 4 is 29.0 Å². The van der Waals surface area contributed by atoms with Crippen LogP contribution in [0.15, 0.2) is 18.2 Å². The van der Waals surface area contributed by atoms with Crippen LogP contribution in [-0.2, 0) is 17.4 Å². The summed E-state index contributed by atoms with van der Waals surface area (Å²) in [5.74, 6) is -1.60. The van der Waals surface area contributed by atoms with E-state index < -0.39 is 12.0 Å². The van der Waals surface area contributed by atoms with Gasteiger partial charge in [-0.2, -0.15) is 18.2 Å². The maximum absolute atomic E-state index is 12.8. The molecule has 6 nitrogen and oxygen atoms in total. The highest BCUT2D eigenvalue weighted by atomic mass is 35.5. The molecule has 2 aromatic heterocycles. The van der Waals surface area contributed by atoms with E-state index >= 15 is 0 Å². The molecule has 0 bridgehead atoms. The van der Waals surface area contributed by atoms with E-state index in [0.717, 1.165) is 10.1 Å². The van der Waals surface area contributed by atoms with Crippen molar-refractivity contribution in [3.05, 3.63) is 51.6 Å². The van der Waals surface area contributed by atoms with Gasteiger partial charge in [-0.1, -0.05) is 17.7 Å². The van der Waals surface area contributed by atoms with Gasteiger partial charge < -0.3 is 5.32 Å². The molecule has 0 saturated carbocycles. The zero-order valence-corrected chi connectivity index (χ0v) is 16.1. The number of alkyl halides is 3. The van der Waals surface area contributed by atoms with Gasteiger partial charge in [0.25, 0.3) is 11.6 Å². The Kier molecular flexibility index (Phi) is 5.29. The number of fused-ring (bicyclic) bond motifs is 1. The van der Waals surface area contributed by atoms with Gasteiger partial charge in [-0.05, 0) is 50.5 Å². The van der Waals surface area contributed by atoms with Crippen LogP contribution in [0.1, 0.15) is 34.8 Å². The van der Waals surface area contributed by atoms with Gasteiger partial charge in [0, 0.05) is 28.5 Å². The minimum absolute atomic E-state index is 0.121. The molecule has 0 spiro atoms. The lowest BCUT2D eigenvalue weighted by molar-refractivity contribution is -0.144. The highest BCUT2D eigenvalue weighted by Crippen LogP contribution is 2.27. The number of aryl methyl sites for hydroxylation is 3. The molecule has 0 aliphatic rings. The first-order valence-electron chi connectivity index (χ1n) is 8.42. The highest BCUT2D eigenvalue weighted by molar-refractivity contribution is 6.31. The molecule has 0 radical (unpaired) electrons. The molecule has 1 aromatic carbocycles. The van der Waals surface area contributed by atoms with Crippen LogP contribution >= 0.6 is 11.6 Å². The van der Waals surface area contributed by atoms with Crippen LogP contribution in [0.2, 0.25) is 5.02 Å². The van der Waals surface area contributed by atoms with Crippen molar-refractivity contribution in [2.75, 3.05) is 5.32 Å². The number of carbonyl (C=O) groups is 1. The van der Waals surface area contributed by atoms with Crippen molar-refractivity contribution in [3.8, 4) is 0 Å². The molecule has 0 unspecified atom stereocenters. The summed E-state index contributed by atoms with van der Waals surface area (Å²) < 4.78 is 39.6. The molecule has 0 atom stereocenters. The van der Waals surface area contributed by atoms with Crippen molar-refractivity contribution in [1.29, 1.82) is 0 Å². The molecular formula is C18H17ClF3N5O. The zero-order chi connectivity index (χ0) is 20.6. The van der Waals surface area contributed by atoms with Gasteiger partial charge in [0.15, 0.2) is 0 Å². The third-order valence-corrected chi connectivity index (χ3v) is 4.77. The van der Waals surface area contributed by atoms with Crippen LogP contribution in [-0.4, -0.2) is 25.5 Å². The number of halogens is 4. The smallest absolute Gasteiger partial charge is 0.326 e. The van der Waals surface area contributed by atoms with E-state index in [4.69, 9.17) is 11.6 Å². The molecule has 2 heterocycles. The molecular weight excluding hydrogens is 395 g/mol. The lowest BCUT2D eigenvalue weighted by Gasteiger charge is -2.11. The van der Waals surface area contributed by atoms with Gasteiger partial charge in [-0.25, -0.2) is 9.50 Å². The Labute approximate surface area is 163 Å². The monoisotopic (exact) mass is 411 g/mol. The average Bonchev–Trinajstić information content (AvgIpc) is 3.02. The van der Waals surface area contributed by atoms with Crippen LogP contribution in [0.3, 0.4) is 0 Å². The summed E-state index contributed by atoms with van der Waals surface area (Å²) in [4.78, 5) is 19.8. The number of benzene rings is 1. The van der Waals surface area contributed by atoms with E-state index in [1.807, 2.05) is 6.92 Å². The fraction of sp³-hybridized carbons (Fsp3) is 0.333. The Bertz CT molecular complexity index is 1060. The molecule has 0 saturated heterocycles. The van der Waals surface area contributed by atoms with Crippen molar-refractivity contribution in [2.24, 2.45) is 0 Å². The fourth-order valence-corrected chi connectivity index (χ4v) is 3.00. The molecule has 3 rings (SSSR count). The van der Waals surface area contributed by atoms with E-state index in [-0.39, 0.29) is 18.1 Å². The maximum Gasteiger partial charge on any atom is 0.453 e. The number of nitrogens with one attached hydrogen (secondary N) is 1. The molecule has 3 aromatic rings. The van der Waals surface area contributed by atoms with Crippen molar-refractivity contribution < 1.29 is 18.0 Å². The van der Waals surface area contributed by atoms with Gasteiger partial charge in [-0.3, -0.25) is 4.79 Å². The molecule has 10 heteroatoms. The summed E-state index contributed by atoms with van der Waals surface area (Å²) in [7, 11) is 0. The number of aromatic nitrogens is 4. The third kappa shape index (κ3) is 4.09. The first-order valence-corrected chi connectivity index (χ1v) is 8.80. The standard InChI is InChI=1S/C18H17ClF3N5O/c1-9-4-5-12(8-14(9)19)24-15(28)7-6-13-10(2)23-17-25-16(18(20,21)22)26-27(17)11(13)3/h4-5,8H,6-7H2,1-3H3,(H,24,28). The fourth-order valence-electron chi connectivity index (χ4n) is 2.82. The Morgan fingerprint density at radius 1 is 1.21 bits per heavy atom. The largest absolute Gasteiger partial charge is 0.453 e. The van der Waals surface area contributed by atoms with E-state index in [2.05, 4.69) is 20.4 Å². The summed E-state index contributed by atoms with van der Waals surface area (Å²) >= 11 is 6.05. The average molecular weight is 412 g/mol. The van der Waals surface area contributed by atoms with Crippen LogP contribution in [0.5, 0.6) is 0 Å². The predicted octanol–water partition coefficient (Wildman–Crippen LogP) is 4.29. The Balaban J connectivity index is 1.78. The van der Waals surface area contributed by atoms with Gasteiger partial charge in [0.1, 0.15) is 0 Å². The SMILES string of the molecule is Cc1ccc(NC(=O)CCc2c(C)nc3nc(C(F)(F)F)nn3c2C)cc1Cl. The molecule has 1 N–H and O–H groups in total. The summed E-state index contributed by atoms with van der Waals surface area (Å²) in [6.07, 6.45) is -4.22. The third-order valence-electron chi connectivity index (χ3n) is 4.36. The second kappa shape index (κ2) is 7.38. The Morgan fingerprint density at radius 2 is 1.93 bits per heavy atom. The molecule has 28 heavy (non-hydrogen) atoms. The molecule has 0 fully saturated rings. The number of carbonyl (C=O) groups excluding carboxylic acids is 1. The first-order chi connectivity index (χ1) is 13.1. The highest BCUT2D eigenvalue weighted by Gasteiger charge is 2.36. The van der Waals surface area contributed by atoms with Crippen LogP contribution in [0, 0.1) is 20.8 Å². The van der Waals surface area contributed by atoms with Gasteiger partial charge in [0.2, 0.25) is 5.91 Å². The number of anilines is 1. The van der Waals surface area contributed by atoms with E-state index in [9.17, 15) is 18.0 Å². The maximum atomic E-state index is 12.8. The Hall–Kier alpha value is -2.68. The van der Waals surface area contributed by atoms with Crippen LogP contribution in [0.25, 0.3) is 5.78 Å². The summed E-state index contributed by atoms with van der Waals surface area (Å²) in [6, 6.07) is 5.21. The van der Waals surface area contributed by atoms with Gasteiger partial charge in [-0.15, -0.1) is 5.10 Å². The number of nitrogens with zero attached hydrogens (tertiary/aromatic N) is 4. The summed E-state index contributed by atoms with van der Waals surface area (Å²) in [6.45, 7) is 5.16. The van der Waals surface area contributed by atoms with Gasteiger partial charge >= 0.3 is 6.18 Å². The molecule has 1 amide bonds. The molecule has 148 valence electrons. The van der Waals surface area contributed by atoms with Crippen molar-refractivity contribution in [3.63, 3.8) is 0 Å². The normalized spacial score (nSPS) is 11.8. The van der Waals surface area contributed by atoms with E-state index in [1.165, 1.54) is 0 Å². The minimum atomic E-state index is -4.65. The summed E-state index contributed by atoms with van der Waals surface area (Å²) in [5, 5.41) is 6.80. The first kappa shape index (κ1) is 20.1. The van der Waals surface area contributed by atoms with Gasteiger partial charge in [0.05, 0.1) is 0 Å². The molecule has 0 aliphatic heterocycles. The second-order valence-electron chi connectivity index (χ2n) is 6.42. The quantitative estimate of drug-likeness (QED) is 0.695. The topological polar surface area (TPSA) is 72.2 Å². The summed E-state index contributed by atoms with van der Waals surface area (Å²) in [5.41, 5.74) is 3.11. The van der Waals surface area contributed by atoms with Crippen molar-refractivity contribution in [1.82, 2.24) is 19.6 Å². The lowest BCUT2D eigenvalue weighted by atomic mass is 10.1. The number of rotatable bonds is 4. The van der Waals surface area contributed by atoms with E-state index in [1.54, 1.807) is 32.0 Å².